The van der Waals surface area contributed by atoms with Crippen LogP contribution in [0.2, 0.25) is 0 Å². The van der Waals surface area contributed by atoms with Gasteiger partial charge in [-0.25, -0.2) is 0 Å². The van der Waals surface area contributed by atoms with E-state index in [2.05, 4.69) is 46.0 Å². The summed E-state index contributed by atoms with van der Waals surface area (Å²) in [6.45, 7) is 4.14. The van der Waals surface area contributed by atoms with Gasteiger partial charge < -0.3 is 9.47 Å². The van der Waals surface area contributed by atoms with Gasteiger partial charge in [-0.05, 0) is 47.2 Å². The number of rotatable bonds is 2. The van der Waals surface area contributed by atoms with Gasteiger partial charge in [-0.1, -0.05) is 17.2 Å². The van der Waals surface area contributed by atoms with E-state index in [4.69, 9.17) is 9.47 Å². The number of fused-ring (bicyclic) bond motifs is 1. The molecule has 2 heterocycles. The van der Waals surface area contributed by atoms with E-state index in [0.717, 1.165) is 12.2 Å². The lowest BCUT2D eigenvalue weighted by Gasteiger charge is -2.17. The minimum Gasteiger partial charge on any atom is -0.483 e. The normalized spacial score (nSPS) is 16.2. The Kier molecular flexibility index (Phi) is 2.79. The van der Waals surface area contributed by atoms with E-state index in [1.165, 1.54) is 16.9 Å². The predicted molar refractivity (Wildman–Crippen MR) is 72.5 cm³/mol. The molecule has 0 saturated heterocycles. The standard InChI is InChI=1S/C12H11BrN2O2S/c1-12(2)6-7-4-3-5-8(9(7)17-12)16-11-15-14-10(13)18-11/h3-5H,6H2,1-2H3. The van der Waals surface area contributed by atoms with Crippen molar-refractivity contribution in [3.05, 3.63) is 27.7 Å². The van der Waals surface area contributed by atoms with E-state index >= 15 is 0 Å². The van der Waals surface area contributed by atoms with E-state index in [0.29, 0.717) is 14.9 Å². The first kappa shape index (κ1) is 11.9. The Morgan fingerprint density at radius 1 is 1.39 bits per heavy atom. The van der Waals surface area contributed by atoms with Crippen molar-refractivity contribution in [3.63, 3.8) is 0 Å². The Morgan fingerprint density at radius 3 is 2.94 bits per heavy atom. The zero-order chi connectivity index (χ0) is 12.8. The maximum atomic E-state index is 5.92. The van der Waals surface area contributed by atoms with Crippen LogP contribution in [-0.4, -0.2) is 15.8 Å². The van der Waals surface area contributed by atoms with Crippen LogP contribution in [0.1, 0.15) is 19.4 Å². The summed E-state index contributed by atoms with van der Waals surface area (Å²) in [5.74, 6) is 1.51. The van der Waals surface area contributed by atoms with Crippen LogP contribution in [-0.2, 0) is 6.42 Å². The molecule has 6 heteroatoms. The summed E-state index contributed by atoms with van der Waals surface area (Å²) in [5, 5.41) is 8.27. The summed E-state index contributed by atoms with van der Waals surface area (Å²) < 4.78 is 12.3. The molecule has 1 aliphatic rings. The summed E-state index contributed by atoms with van der Waals surface area (Å²) in [7, 11) is 0. The second kappa shape index (κ2) is 4.20. The fraction of sp³-hybridized carbons (Fsp3) is 0.333. The van der Waals surface area contributed by atoms with Crippen molar-refractivity contribution in [1.82, 2.24) is 10.2 Å². The molecule has 0 saturated carbocycles. The summed E-state index contributed by atoms with van der Waals surface area (Å²) in [4.78, 5) is 0. The van der Waals surface area contributed by atoms with Gasteiger partial charge in [0.05, 0.1) is 0 Å². The van der Waals surface area contributed by atoms with Gasteiger partial charge in [0.25, 0.3) is 5.19 Å². The van der Waals surface area contributed by atoms with Gasteiger partial charge in [-0.15, -0.1) is 5.10 Å². The van der Waals surface area contributed by atoms with Crippen molar-refractivity contribution in [2.75, 3.05) is 0 Å². The summed E-state index contributed by atoms with van der Waals surface area (Å²) in [5.41, 5.74) is 0.991. The number of para-hydroxylation sites is 1. The average Bonchev–Trinajstić information content (AvgIpc) is 2.81. The minimum atomic E-state index is -0.177. The molecule has 1 aromatic carbocycles. The Morgan fingerprint density at radius 2 is 2.22 bits per heavy atom. The van der Waals surface area contributed by atoms with Crippen molar-refractivity contribution in [3.8, 4) is 16.7 Å². The van der Waals surface area contributed by atoms with E-state index in [-0.39, 0.29) is 5.60 Å². The molecule has 0 fully saturated rings. The first-order valence-electron chi connectivity index (χ1n) is 5.51. The third kappa shape index (κ3) is 2.22. The van der Waals surface area contributed by atoms with E-state index < -0.39 is 0 Å². The van der Waals surface area contributed by atoms with Gasteiger partial charge in [0, 0.05) is 12.0 Å². The molecule has 3 rings (SSSR count). The van der Waals surface area contributed by atoms with Crippen molar-refractivity contribution >= 4 is 27.3 Å². The van der Waals surface area contributed by atoms with E-state index in [1.807, 2.05) is 12.1 Å². The Bertz CT molecular complexity index is 598. The lowest BCUT2D eigenvalue weighted by Crippen LogP contribution is -2.24. The molecule has 0 atom stereocenters. The van der Waals surface area contributed by atoms with Crippen LogP contribution in [0.25, 0.3) is 0 Å². The molecule has 0 N–H and O–H groups in total. The number of hydrogen-bond donors (Lipinski definition) is 0. The van der Waals surface area contributed by atoms with Crippen LogP contribution in [0, 0.1) is 0 Å². The van der Waals surface area contributed by atoms with Crippen LogP contribution in [0.4, 0.5) is 0 Å². The van der Waals surface area contributed by atoms with E-state index in [1.54, 1.807) is 0 Å². The first-order chi connectivity index (χ1) is 8.53. The van der Waals surface area contributed by atoms with Crippen molar-refractivity contribution in [1.29, 1.82) is 0 Å². The van der Waals surface area contributed by atoms with E-state index in [9.17, 15) is 0 Å². The van der Waals surface area contributed by atoms with Crippen LogP contribution >= 0.6 is 27.3 Å². The topological polar surface area (TPSA) is 44.2 Å². The molecule has 0 spiro atoms. The second-order valence-corrected chi connectivity index (χ2v) is 6.92. The number of nitrogens with zero attached hydrogens (tertiary/aromatic N) is 2. The second-order valence-electron chi connectivity index (χ2n) is 4.71. The molecule has 0 radical (unpaired) electrons. The van der Waals surface area contributed by atoms with Crippen LogP contribution < -0.4 is 9.47 Å². The molecular weight excluding hydrogens is 316 g/mol. The summed E-state index contributed by atoms with van der Waals surface area (Å²) >= 11 is 4.60. The molecule has 0 bridgehead atoms. The summed E-state index contributed by atoms with van der Waals surface area (Å²) in [6.07, 6.45) is 0.888. The fourth-order valence-electron chi connectivity index (χ4n) is 2.00. The highest BCUT2D eigenvalue weighted by Gasteiger charge is 2.32. The highest BCUT2D eigenvalue weighted by atomic mass is 79.9. The number of hydrogen-bond acceptors (Lipinski definition) is 5. The monoisotopic (exact) mass is 326 g/mol. The lowest BCUT2D eigenvalue weighted by atomic mass is 10.0. The highest BCUT2D eigenvalue weighted by molar-refractivity contribution is 9.11. The van der Waals surface area contributed by atoms with Crippen LogP contribution in [0.15, 0.2) is 22.1 Å². The van der Waals surface area contributed by atoms with Crippen molar-refractivity contribution in [2.45, 2.75) is 25.9 Å². The molecule has 4 nitrogen and oxygen atoms in total. The van der Waals surface area contributed by atoms with Gasteiger partial charge in [0.15, 0.2) is 15.4 Å². The van der Waals surface area contributed by atoms with Gasteiger partial charge >= 0.3 is 0 Å². The summed E-state index contributed by atoms with van der Waals surface area (Å²) in [6, 6.07) is 5.91. The number of halogens is 1. The molecule has 0 amide bonds. The predicted octanol–water partition coefficient (Wildman–Crippen LogP) is 3.81. The molecule has 0 aliphatic carbocycles. The largest absolute Gasteiger partial charge is 0.483 e. The highest BCUT2D eigenvalue weighted by Crippen LogP contribution is 2.43. The molecule has 0 unspecified atom stereocenters. The third-order valence-electron chi connectivity index (χ3n) is 2.63. The van der Waals surface area contributed by atoms with Gasteiger partial charge in [-0.3, -0.25) is 0 Å². The van der Waals surface area contributed by atoms with Crippen molar-refractivity contribution in [2.24, 2.45) is 0 Å². The molecule has 18 heavy (non-hydrogen) atoms. The molecule has 1 aromatic heterocycles. The van der Waals surface area contributed by atoms with Crippen molar-refractivity contribution < 1.29 is 9.47 Å². The number of aromatic nitrogens is 2. The lowest BCUT2D eigenvalue weighted by molar-refractivity contribution is 0.135. The first-order valence-corrected chi connectivity index (χ1v) is 7.12. The van der Waals surface area contributed by atoms with Gasteiger partial charge in [0.1, 0.15) is 5.60 Å². The maximum absolute atomic E-state index is 5.92. The Labute approximate surface area is 117 Å². The molecular formula is C12H11BrN2O2S. The molecule has 2 aromatic rings. The van der Waals surface area contributed by atoms with Crippen LogP contribution in [0.3, 0.4) is 0 Å². The van der Waals surface area contributed by atoms with Crippen LogP contribution in [0.5, 0.6) is 16.7 Å². The maximum Gasteiger partial charge on any atom is 0.300 e. The third-order valence-corrected chi connectivity index (χ3v) is 3.87. The zero-order valence-corrected chi connectivity index (χ0v) is 12.3. The zero-order valence-electron chi connectivity index (χ0n) is 9.94. The SMILES string of the molecule is CC1(C)Cc2cccc(Oc3nnc(Br)s3)c2O1. The average molecular weight is 327 g/mol. The number of ether oxygens (including phenoxy) is 2. The van der Waals surface area contributed by atoms with Gasteiger partial charge in [0.2, 0.25) is 0 Å². The number of benzene rings is 1. The Hall–Kier alpha value is -1.14. The fourth-order valence-corrected chi connectivity index (χ4v) is 2.93. The smallest absolute Gasteiger partial charge is 0.300 e. The van der Waals surface area contributed by atoms with Gasteiger partial charge in [-0.2, -0.15) is 0 Å². The molecule has 1 aliphatic heterocycles. The minimum absolute atomic E-state index is 0.177. The molecule has 94 valence electrons. The Balaban J connectivity index is 1.93. The quantitative estimate of drug-likeness (QED) is 0.841.